The summed E-state index contributed by atoms with van der Waals surface area (Å²) in [5.74, 6) is 5.82. The van der Waals surface area contributed by atoms with Crippen LogP contribution in [0.5, 0.6) is 0 Å². The molecule has 2 nitrogen and oxygen atoms in total. The van der Waals surface area contributed by atoms with Gasteiger partial charge in [0.15, 0.2) is 0 Å². The molecule has 1 saturated heterocycles. The lowest BCUT2D eigenvalue weighted by molar-refractivity contribution is -0.115. The van der Waals surface area contributed by atoms with Gasteiger partial charge in [-0.3, -0.25) is 0 Å². The molecule has 5 rings (SSSR count). The van der Waals surface area contributed by atoms with Crippen LogP contribution in [0.15, 0.2) is 0 Å². The highest BCUT2D eigenvalue weighted by atomic mass is 16.6. The van der Waals surface area contributed by atoms with Gasteiger partial charge in [-0.1, -0.05) is 53.9 Å². The first-order valence-electron chi connectivity index (χ1n) is 13.1. The average molecular weight is 403 g/mol. The zero-order chi connectivity index (χ0) is 20.6. The molecule has 29 heavy (non-hydrogen) atoms. The molecule has 166 valence electrons. The molecular weight excluding hydrogens is 356 g/mol. The smallest absolute Gasteiger partial charge is 0.0879 e. The zero-order valence-electron chi connectivity index (χ0n) is 19.7. The number of hydrogen-bond acceptors (Lipinski definition) is 2. The van der Waals surface area contributed by atoms with Crippen molar-refractivity contribution in [3.8, 4) is 0 Å². The summed E-state index contributed by atoms with van der Waals surface area (Å²) >= 11 is 0. The molecule has 1 aliphatic heterocycles. The van der Waals surface area contributed by atoms with Gasteiger partial charge < -0.3 is 9.84 Å². The summed E-state index contributed by atoms with van der Waals surface area (Å²) in [6.07, 6.45) is 14.2. The van der Waals surface area contributed by atoms with Crippen molar-refractivity contribution in [2.45, 2.75) is 117 Å². The third kappa shape index (κ3) is 3.17. The predicted octanol–water partition coefficient (Wildman–Crippen LogP) is 6.46. The average Bonchev–Trinajstić information content (AvgIpc) is 3.37. The van der Waals surface area contributed by atoms with Crippen molar-refractivity contribution < 1.29 is 9.84 Å². The van der Waals surface area contributed by atoms with Crippen molar-refractivity contribution in [3.63, 3.8) is 0 Å². The lowest BCUT2D eigenvalue weighted by Crippen LogP contribution is -2.57. The minimum atomic E-state index is -0.0779. The fourth-order valence-corrected chi connectivity index (χ4v) is 9.53. The van der Waals surface area contributed by atoms with Gasteiger partial charge in [-0.2, -0.15) is 0 Å². The van der Waals surface area contributed by atoms with E-state index >= 15 is 0 Å². The van der Waals surface area contributed by atoms with Gasteiger partial charge in [0.2, 0.25) is 0 Å². The minimum absolute atomic E-state index is 0.0779. The molecule has 0 unspecified atom stereocenters. The molecule has 4 saturated carbocycles. The van der Waals surface area contributed by atoms with Crippen LogP contribution in [0.4, 0.5) is 0 Å². The van der Waals surface area contributed by atoms with Crippen LogP contribution in [-0.4, -0.2) is 23.4 Å². The number of fused-ring (bicyclic) bond motifs is 8. The fraction of sp³-hybridized carbons (Fsp3) is 1.00. The Bertz CT molecular complexity index is 616. The van der Waals surface area contributed by atoms with E-state index in [1.165, 1.54) is 51.4 Å². The van der Waals surface area contributed by atoms with E-state index in [9.17, 15) is 5.11 Å². The number of aliphatic hydroxyl groups excluding tert-OH is 1. The Labute approximate surface area is 179 Å². The maximum Gasteiger partial charge on any atom is 0.0879 e. The maximum absolute atomic E-state index is 10.3. The molecule has 0 aromatic rings. The first-order valence-corrected chi connectivity index (χ1v) is 13.1. The Morgan fingerprint density at radius 1 is 0.862 bits per heavy atom. The maximum atomic E-state index is 10.3. The normalized spacial score (nSPS) is 54.3. The standard InChI is InChI=1S/C27H46O2/c1-16(2)7-6-8-17(3)19-9-10-20-23-21(12-14-26(19,20)4)27(5)13-11-18(28)15-22(27)24-25(23)29-24/h16-25,28H,6-15H2,1-5H3/t17-,18-,19+,20-,21+,22-,23+,24-,25+,26+,27-/m1/s1. The first kappa shape index (κ1) is 20.8. The van der Waals surface area contributed by atoms with Crippen LogP contribution in [-0.2, 0) is 4.74 Å². The molecule has 5 aliphatic rings. The molecule has 1 heterocycles. The number of rotatable bonds is 5. The van der Waals surface area contributed by atoms with Gasteiger partial charge in [0.05, 0.1) is 18.3 Å². The summed E-state index contributed by atoms with van der Waals surface area (Å²) < 4.78 is 6.46. The Hall–Kier alpha value is -0.0800. The molecular formula is C27H46O2. The van der Waals surface area contributed by atoms with Crippen LogP contribution in [0, 0.1) is 52.3 Å². The molecule has 0 radical (unpaired) electrons. The van der Waals surface area contributed by atoms with Crippen molar-refractivity contribution in [3.05, 3.63) is 0 Å². The SMILES string of the molecule is CC(C)CCC[C@@H](C)[C@@H]1CC[C@@H]2[C@@H]3[C@@H]4O[C@@H]4[C@H]4C[C@H](O)CC[C@]4(C)[C@H]3CC[C@]21C. The second-order valence-electron chi connectivity index (χ2n) is 12.9. The summed E-state index contributed by atoms with van der Waals surface area (Å²) in [6, 6.07) is 0. The Balaban J connectivity index is 1.34. The summed E-state index contributed by atoms with van der Waals surface area (Å²) in [4.78, 5) is 0. The Morgan fingerprint density at radius 3 is 2.34 bits per heavy atom. The van der Waals surface area contributed by atoms with E-state index in [-0.39, 0.29) is 6.10 Å². The van der Waals surface area contributed by atoms with Crippen molar-refractivity contribution in [2.24, 2.45) is 52.3 Å². The zero-order valence-corrected chi connectivity index (χ0v) is 19.7. The quantitative estimate of drug-likeness (QED) is 0.536. The van der Waals surface area contributed by atoms with E-state index in [0.717, 1.165) is 48.3 Å². The molecule has 0 aromatic carbocycles. The third-order valence-electron chi connectivity index (χ3n) is 11.1. The topological polar surface area (TPSA) is 32.8 Å². The highest BCUT2D eigenvalue weighted by molar-refractivity contribution is 5.18. The third-order valence-corrected chi connectivity index (χ3v) is 11.1. The summed E-state index contributed by atoms with van der Waals surface area (Å²) in [7, 11) is 0. The molecule has 2 heteroatoms. The molecule has 0 aromatic heterocycles. The Morgan fingerprint density at radius 2 is 1.59 bits per heavy atom. The van der Waals surface area contributed by atoms with Crippen molar-refractivity contribution in [1.82, 2.24) is 0 Å². The van der Waals surface area contributed by atoms with E-state index in [4.69, 9.17) is 4.74 Å². The van der Waals surface area contributed by atoms with Crippen molar-refractivity contribution >= 4 is 0 Å². The fourth-order valence-electron chi connectivity index (χ4n) is 9.53. The monoisotopic (exact) mass is 402 g/mol. The lowest BCUT2D eigenvalue weighted by atomic mass is 9.44. The molecule has 0 bridgehead atoms. The van der Waals surface area contributed by atoms with Crippen LogP contribution in [0.3, 0.4) is 0 Å². The van der Waals surface area contributed by atoms with Crippen LogP contribution in [0.1, 0.15) is 98.8 Å². The van der Waals surface area contributed by atoms with E-state index in [2.05, 4.69) is 34.6 Å². The van der Waals surface area contributed by atoms with Crippen LogP contribution in [0.25, 0.3) is 0 Å². The lowest BCUT2D eigenvalue weighted by Gasteiger charge is -2.59. The molecule has 11 atom stereocenters. The number of epoxide rings is 1. The highest BCUT2D eigenvalue weighted by Crippen LogP contribution is 2.71. The summed E-state index contributed by atoms with van der Waals surface area (Å²) in [5.41, 5.74) is 0.968. The minimum Gasteiger partial charge on any atom is -0.393 e. The van der Waals surface area contributed by atoms with Crippen LogP contribution >= 0.6 is 0 Å². The highest BCUT2D eigenvalue weighted by Gasteiger charge is 2.70. The molecule has 0 amide bonds. The Kier molecular flexibility index (Phi) is 5.18. The van der Waals surface area contributed by atoms with Gasteiger partial charge in [0.1, 0.15) is 0 Å². The van der Waals surface area contributed by atoms with Gasteiger partial charge in [0.25, 0.3) is 0 Å². The molecule has 4 aliphatic carbocycles. The number of aliphatic hydroxyl groups is 1. The van der Waals surface area contributed by atoms with E-state index < -0.39 is 0 Å². The molecule has 1 N–H and O–H groups in total. The van der Waals surface area contributed by atoms with Crippen LogP contribution in [0.2, 0.25) is 0 Å². The van der Waals surface area contributed by atoms with Crippen molar-refractivity contribution in [2.75, 3.05) is 0 Å². The summed E-state index contributed by atoms with van der Waals surface area (Å²) in [6.45, 7) is 12.6. The second kappa shape index (κ2) is 7.22. The van der Waals surface area contributed by atoms with Crippen LogP contribution < -0.4 is 0 Å². The number of ether oxygens (including phenoxy) is 1. The van der Waals surface area contributed by atoms with Gasteiger partial charge in [-0.05, 0) is 97.2 Å². The van der Waals surface area contributed by atoms with E-state index in [1.54, 1.807) is 0 Å². The van der Waals surface area contributed by atoms with Gasteiger partial charge in [0, 0.05) is 0 Å². The van der Waals surface area contributed by atoms with Crippen molar-refractivity contribution in [1.29, 1.82) is 0 Å². The van der Waals surface area contributed by atoms with Gasteiger partial charge >= 0.3 is 0 Å². The summed E-state index contributed by atoms with van der Waals surface area (Å²) in [5, 5.41) is 10.3. The first-order chi connectivity index (χ1) is 13.8. The largest absolute Gasteiger partial charge is 0.393 e. The molecule has 5 fully saturated rings. The number of hydrogen-bond donors (Lipinski definition) is 1. The van der Waals surface area contributed by atoms with E-state index in [0.29, 0.717) is 29.0 Å². The van der Waals surface area contributed by atoms with Gasteiger partial charge in [-0.15, -0.1) is 0 Å². The second-order valence-corrected chi connectivity index (χ2v) is 12.9. The predicted molar refractivity (Wildman–Crippen MR) is 119 cm³/mol. The van der Waals surface area contributed by atoms with E-state index in [1.807, 2.05) is 0 Å². The molecule has 0 spiro atoms. The van der Waals surface area contributed by atoms with Gasteiger partial charge in [-0.25, -0.2) is 0 Å².